The first-order chi connectivity index (χ1) is 12.3. The normalized spacial score (nSPS) is 11.2. The van der Waals surface area contributed by atoms with E-state index in [1.807, 2.05) is 30.3 Å². The summed E-state index contributed by atoms with van der Waals surface area (Å²) in [5.41, 5.74) is 0.923. The third-order valence-electron chi connectivity index (χ3n) is 3.70. The summed E-state index contributed by atoms with van der Waals surface area (Å²) in [4.78, 5) is 12.1. The van der Waals surface area contributed by atoms with Crippen LogP contribution in [0.5, 0.6) is 5.75 Å². The molecule has 1 amide bonds. The van der Waals surface area contributed by atoms with Gasteiger partial charge in [-0.2, -0.15) is 12.7 Å². The van der Waals surface area contributed by atoms with Gasteiger partial charge in [0.15, 0.2) is 0 Å². The summed E-state index contributed by atoms with van der Waals surface area (Å²) in [7, 11) is 0.833. The van der Waals surface area contributed by atoms with Crippen molar-refractivity contribution in [3.05, 3.63) is 60.2 Å². The van der Waals surface area contributed by atoms with Gasteiger partial charge < -0.3 is 10.1 Å². The minimum Gasteiger partial charge on any atom is -0.492 e. The van der Waals surface area contributed by atoms with Gasteiger partial charge in [0.05, 0.1) is 12.2 Å². The van der Waals surface area contributed by atoms with Gasteiger partial charge in [-0.3, -0.25) is 9.10 Å². The Bertz CT molecular complexity index is 821. The fourth-order valence-corrected chi connectivity index (χ4v) is 3.03. The SMILES string of the molecule is CN(C)S(=O)(=O)N(C)c1ccc(C(=O)NCCOc2ccccc2)cc1. The first kappa shape index (κ1) is 19.7. The molecule has 8 heteroatoms. The van der Waals surface area contributed by atoms with E-state index in [0.29, 0.717) is 24.4 Å². The fraction of sp³-hybridized carbons (Fsp3) is 0.278. The molecule has 0 unspecified atom stereocenters. The van der Waals surface area contributed by atoms with E-state index in [0.717, 1.165) is 14.4 Å². The molecule has 0 bridgehead atoms. The first-order valence-electron chi connectivity index (χ1n) is 8.05. The van der Waals surface area contributed by atoms with Crippen molar-refractivity contribution in [2.75, 3.05) is 38.6 Å². The number of rotatable bonds is 8. The molecule has 1 N–H and O–H groups in total. The van der Waals surface area contributed by atoms with Gasteiger partial charge in [-0.15, -0.1) is 0 Å². The number of nitrogens with zero attached hydrogens (tertiary/aromatic N) is 2. The Morgan fingerprint density at radius 2 is 1.62 bits per heavy atom. The number of anilines is 1. The van der Waals surface area contributed by atoms with Crippen molar-refractivity contribution >= 4 is 21.8 Å². The molecule has 0 atom stereocenters. The Balaban J connectivity index is 1.88. The second-order valence-electron chi connectivity index (χ2n) is 5.72. The molecule has 0 saturated carbocycles. The number of carbonyl (C=O) groups is 1. The van der Waals surface area contributed by atoms with Gasteiger partial charge in [0.25, 0.3) is 5.91 Å². The zero-order valence-corrected chi connectivity index (χ0v) is 15.9. The average molecular weight is 377 g/mol. The van der Waals surface area contributed by atoms with E-state index in [1.54, 1.807) is 24.3 Å². The largest absolute Gasteiger partial charge is 0.492 e. The topological polar surface area (TPSA) is 79.0 Å². The molecule has 0 radical (unpaired) electrons. The highest BCUT2D eigenvalue weighted by Crippen LogP contribution is 2.18. The van der Waals surface area contributed by atoms with E-state index >= 15 is 0 Å². The van der Waals surface area contributed by atoms with Crippen LogP contribution in [0.2, 0.25) is 0 Å². The van der Waals surface area contributed by atoms with Crippen LogP contribution >= 0.6 is 0 Å². The number of hydrogen-bond acceptors (Lipinski definition) is 4. The molecule has 2 aromatic carbocycles. The van der Waals surface area contributed by atoms with Gasteiger partial charge in [-0.1, -0.05) is 18.2 Å². The minimum atomic E-state index is -3.56. The summed E-state index contributed by atoms with van der Waals surface area (Å²) in [5, 5.41) is 2.76. The number of ether oxygens (including phenoxy) is 1. The Hall–Kier alpha value is -2.58. The summed E-state index contributed by atoms with van der Waals surface area (Å²) >= 11 is 0. The van der Waals surface area contributed by atoms with E-state index in [4.69, 9.17) is 4.74 Å². The van der Waals surface area contributed by atoms with Crippen LogP contribution in [0.3, 0.4) is 0 Å². The summed E-state index contributed by atoms with van der Waals surface area (Å²) in [6, 6.07) is 15.7. The van der Waals surface area contributed by atoms with Gasteiger partial charge in [0, 0.05) is 26.7 Å². The quantitative estimate of drug-likeness (QED) is 0.711. The number of carbonyl (C=O) groups excluding carboxylic acids is 1. The smallest absolute Gasteiger partial charge is 0.303 e. The third kappa shape index (κ3) is 4.96. The zero-order chi connectivity index (χ0) is 19.2. The molecule has 0 aliphatic carbocycles. The molecule has 0 saturated heterocycles. The second kappa shape index (κ2) is 8.68. The van der Waals surface area contributed by atoms with Crippen LogP contribution in [-0.2, 0) is 10.2 Å². The molecule has 0 fully saturated rings. The lowest BCUT2D eigenvalue weighted by Gasteiger charge is -2.23. The summed E-state index contributed by atoms with van der Waals surface area (Å²) in [6.45, 7) is 0.724. The highest BCUT2D eigenvalue weighted by Gasteiger charge is 2.20. The van der Waals surface area contributed by atoms with Crippen LogP contribution in [0.25, 0.3) is 0 Å². The van der Waals surface area contributed by atoms with Crippen molar-refractivity contribution in [3.8, 4) is 5.75 Å². The summed E-state index contributed by atoms with van der Waals surface area (Å²) in [6.07, 6.45) is 0. The highest BCUT2D eigenvalue weighted by atomic mass is 32.2. The maximum atomic E-state index is 12.1. The molecular weight excluding hydrogens is 354 g/mol. The number of nitrogens with one attached hydrogen (secondary N) is 1. The van der Waals surface area contributed by atoms with Crippen molar-refractivity contribution in [1.29, 1.82) is 0 Å². The van der Waals surface area contributed by atoms with Crippen molar-refractivity contribution < 1.29 is 17.9 Å². The van der Waals surface area contributed by atoms with Crippen LogP contribution < -0.4 is 14.4 Å². The van der Waals surface area contributed by atoms with Crippen molar-refractivity contribution in [2.45, 2.75) is 0 Å². The maximum absolute atomic E-state index is 12.1. The third-order valence-corrected chi connectivity index (χ3v) is 5.53. The number of amides is 1. The van der Waals surface area contributed by atoms with Crippen LogP contribution in [0.15, 0.2) is 54.6 Å². The van der Waals surface area contributed by atoms with E-state index in [9.17, 15) is 13.2 Å². The number of hydrogen-bond donors (Lipinski definition) is 1. The Morgan fingerprint density at radius 1 is 1.00 bits per heavy atom. The monoisotopic (exact) mass is 377 g/mol. The average Bonchev–Trinajstić information content (AvgIpc) is 2.65. The molecule has 2 aromatic rings. The maximum Gasteiger partial charge on any atom is 0.303 e. The van der Waals surface area contributed by atoms with Crippen LogP contribution in [0.4, 0.5) is 5.69 Å². The van der Waals surface area contributed by atoms with Crippen molar-refractivity contribution in [2.24, 2.45) is 0 Å². The molecule has 0 aromatic heterocycles. The lowest BCUT2D eigenvalue weighted by Crippen LogP contribution is -2.37. The minimum absolute atomic E-state index is 0.244. The number of benzene rings is 2. The molecule has 0 aliphatic heterocycles. The van der Waals surface area contributed by atoms with Crippen LogP contribution in [0, 0.1) is 0 Å². The molecule has 140 valence electrons. The predicted molar refractivity (Wildman–Crippen MR) is 102 cm³/mol. The molecular formula is C18H23N3O4S. The van der Waals surface area contributed by atoms with Gasteiger partial charge >= 0.3 is 10.2 Å². The predicted octanol–water partition coefficient (Wildman–Crippen LogP) is 1.74. The van der Waals surface area contributed by atoms with E-state index in [-0.39, 0.29) is 5.91 Å². The first-order valence-corrected chi connectivity index (χ1v) is 9.44. The fourth-order valence-electron chi connectivity index (χ4n) is 2.15. The molecule has 7 nitrogen and oxygen atoms in total. The van der Waals surface area contributed by atoms with E-state index in [1.165, 1.54) is 21.1 Å². The molecule has 0 aliphatic rings. The standard InChI is InChI=1S/C18H23N3O4S/c1-20(2)26(23,24)21(3)16-11-9-15(10-12-16)18(22)19-13-14-25-17-7-5-4-6-8-17/h4-12H,13-14H2,1-3H3,(H,19,22). The van der Waals surface area contributed by atoms with Gasteiger partial charge in [0.1, 0.15) is 12.4 Å². The van der Waals surface area contributed by atoms with Gasteiger partial charge in [-0.25, -0.2) is 0 Å². The molecule has 26 heavy (non-hydrogen) atoms. The Labute approximate surface area is 154 Å². The lowest BCUT2D eigenvalue weighted by molar-refractivity contribution is 0.0947. The van der Waals surface area contributed by atoms with Crippen LogP contribution in [0.1, 0.15) is 10.4 Å². The molecule has 2 rings (SSSR count). The summed E-state index contributed by atoms with van der Waals surface area (Å²) < 4.78 is 32.0. The number of para-hydroxylation sites is 1. The van der Waals surface area contributed by atoms with Crippen LogP contribution in [-0.4, -0.2) is 52.9 Å². The highest BCUT2D eigenvalue weighted by molar-refractivity contribution is 7.90. The van der Waals surface area contributed by atoms with E-state index < -0.39 is 10.2 Å². The zero-order valence-electron chi connectivity index (χ0n) is 15.0. The van der Waals surface area contributed by atoms with E-state index in [2.05, 4.69) is 5.32 Å². The summed E-state index contributed by atoms with van der Waals surface area (Å²) in [5.74, 6) is 0.502. The lowest BCUT2D eigenvalue weighted by atomic mass is 10.2. The van der Waals surface area contributed by atoms with Crippen molar-refractivity contribution in [3.63, 3.8) is 0 Å². The Kier molecular flexibility index (Phi) is 6.59. The van der Waals surface area contributed by atoms with Crippen molar-refractivity contribution in [1.82, 2.24) is 9.62 Å². The van der Waals surface area contributed by atoms with Gasteiger partial charge in [0.2, 0.25) is 0 Å². The van der Waals surface area contributed by atoms with Gasteiger partial charge in [-0.05, 0) is 36.4 Å². The second-order valence-corrected chi connectivity index (χ2v) is 7.90. The molecule has 0 heterocycles. The Morgan fingerprint density at radius 3 is 2.19 bits per heavy atom. The molecule has 0 spiro atoms.